The molecule has 1 rings (SSSR count). The van der Waals surface area contributed by atoms with Crippen molar-refractivity contribution in [1.29, 1.82) is 0 Å². The Morgan fingerprint density at radius 3 is 2.33 bits per heavy atom. The topological polar surface area (TPSA) is 46.4 Å². The summed E-state index contributed by atoms with van der Waals surface area (Å²) in [4.78, 5) is 11.8. The molecule has 70 valence electrons. The second-order valence-electron chi connectivity index (χ2n) is 3.59. The van der Waals surface area contributed by atoms with Crippen molar-refractivity contribution < 1.29 is 4.87 Å². The maximum Gasteiger partial charge on any atom is 0.306 e. The molecule has 0 N–H and O–H groups in total. The number of hydrogen-bond acceptors (Lipinski definition) is 2. The minimum Gasteiger partial charge on any atom is -0.704 e. The van der Waals surface area contributed by atoms with Crippen LogP contribution in [0.2, 0.25) is 0 Å². The Kier molecular flexibility index (Phi) is 2.53. The van der Waals surface area contributed by atoms with Crippen molar-refractivity contribution in [3.8, 4) is 0 Å². The van der Waals surface area contributed by atoms with Crippen molar-refractivity contribution >= 4 is 31.9 Å². The molecule has 12 heavy (non-hydrogen) atoms. The molecule has 1 saturated heterocycles. The number of halogens is 2. The Bertz CT molecular complexity index is 222. The van der Waals surface area contributed by atoms with Crippen LogP contribution in [0.25, 0.3) is 0 Å². The molecule has 0 aliphatic carbocycles. The molecule has 0 aromatic heterocycles. The SMILES string of the molecule is CC1(C)CC(Br)(CBr)[N+](=O)N1[O-]. The van der Waals surface area contributed by atoms with E-state index in [2.05, 4.69) is 31.9 Å². The van der Waals surface area contributed by atoms with Crippen LogP contribution in [0.4, 0.5) is 0 Å². The van der Waals surface area contributed by atoms with Gasteiger partial charge in [-0.15, -0.1) is 0 Å². The lowest BCUT2D eigenvalue weighted by Gasteiger charge is -2.26. The molecule has 0 aromatic rings. The summed E-state index contributed by atoms with van der Waals surface area (Å²) < 4.78 is -0.780. The maximum absolute atomic E-state index is 11.3. The van der Waals surface area contributed by atoms with Crippen molar-refractivity contribution in [1.82, 2.24) is 5.17 Å². The van der Waals surface area contributed by atoms with Crippen LogP contribution in [0.3, 0.4) is 0 Å². The number of rotatable bonds is 1. The molecule has 1 aliphatic heterocycles. The normalized spacial score (nSPS) is 34.4. The van der Waals surface area contributed by atoms with E-state index in [0.717, 1.165) is 0 Å². The zero-order chi connectivity index (χ0) is 9.57. The predicted molar refractivity (Wildman–Crippen MR) is 53.0 cm³/mol. The summed E-state index contributed by atoms with van der Waals surface area (Å²) >= 11 is 6.45. The lowest BCUT2D eigenvalue weighted by atomic mass is 10.00. The predicted octanol–water partition coefficient (Wildman–Crippen LogP) is 2.15. The molecule has 0 saturated carbocycles. The van der Waals surface area contributed by atoms with Gasteiger partial charge in [0, 0.05) is 15.9 Å². The molecule has 1 atom stereocenters. The van der Waals surface area contributed by atoms with E-state index in [1.54, 1.807) is 13.8 Å². The summed E-state index contributed by atoms with van der Waals surface area (Å²) in [6.45, 7) is 3.49. The number of hydroxylamine groups is 1. The van der Waals surface area contributed by atoms with Gasteiger partial charge in [0.1, 0.15) is 4.87 Å². The van der Waals surface area contributed by atoms with Crippen molar-refractivity contribution in [2.24, 2.45) is 0 Å². The first-order valence-corrected chi connectivity index (χ1v) is 5.44. The highest BCUT2D eigenvalue weighted by molar-refractivity contribution is 9.12. The number of nitroso groups, excluding NO2 is 1. The molecule has 6 heteroatoms. The Morgan fingerprint density at radius 2 is 2.17 bits per heavy atom. The van der Waals surface area contributed by atoms with Gasteiger partial charge in [0.25, 0.3) is 0 Å². The number of nitrogens with zero attached hydrogens (tertiary/aromatic N) is 2. The summed E-state index contributed by atoms with van der Waals surface area (Å²) in [6.07, 6.45) is 0.498. The van der Waals surface area contributed by atoms with Gasteiger partial charge in [-0.2, -0.15) is 5.17 Å². The highest BCUT2D eigenvalue weighted by Crippen LogP contribution is 2.41. The van der Waals surface area contributed by atoms with Gasteiger partial charge in [0.2, 0.25) is 0 Å². The summed E-state index contributed by atoms with van der Waals surface area (Å²) in [6, 6.07) is 0. The van der Waals surface area contributed by atoms with Crippen molar-refractivity contribution in [2.45, 2.75) is 30.3 Å². The summed E-state index contributed by atoms with van der Waals surface area (Å²) in [5.74, 6) is 0. The number of hydrogen-bond donors (Lipinski definition) is 0. The fraction of sp³-hybridized carbons (Fsp3) is 1.00. The van der Waals surface area contributed by atoms with Crippen molar-refractivity contribution in [3.05, 3.63) is 10.1 Å². The largest absolute Gasteiger partial charge is 0.704 e. The van der Waals surface area contributed by atoms with Gasteiger partial charge in [-0.05, 0) is 13.8 Å². The first-order chi connectivity index (χ1) is 5.33. The molecule has 4 nitrogen and oxygen atoms in total. The van der Waals surface area contributed by atoms with Crippen LogP contribution in [-0.2, 0) is 0 Å². The van der Waals surface area contributed by atoms with Crippen LogP contribution in [-0.4, -0.2) is 25.4 Å². The molecule has 1 heterocycles. The van der Waals surface area contributed by atoms with Crippen LogP contribution in [0.5, 0.6) is 0 Å². The van der Waals surface area contributed by atoms with E-state index < -0.39 is 9.99 Å². The second-order valence-corrected chi connectivity index (χ2v) is 5.62. The van der Waals surface area contributed by atoms with Crippen LogP contribution in [0, 0.1) is 10.1 Å². The van der Waals surface area contributed by atoms with Crippen molar-refractivity contribution in [3.63, 3.8) is 0 Å². The smallest absolute Gasteiger partial charge is 0.306 e. The Labute approximate surface area is 87.7 Å². The minimum atomic E-state index is -0.780. The molecule has 0 aromatic carbocycles. The third-order valence-corrected chi connectivity index (χ3v) is 4.48. The second kappa shape index (κ2) is 2.92. The standard InChI is InChI=1S/C6H10Br2N2O2/c1-5(2)3-6(8,4-7)10(12)9(5)11/h3-4H2,1-2H3. The highest BCUT2D eigenvalue weighted by atomic mass is 79.9. The first kappa shape index (κ1) is 10.4. The quantitative estimate of drug-likeness (QED) is 0.423. The monoisotopic (exact) mass is 300 g/mol. The van der Waals surface area contributed by atoms with Gasteiger partial charge in [-0.3, -0.25) is 0 Å². The number of alkyl halides is 2. The average Bonchev–Trinajstić information content (AvgIpc) is 2.13. The van der Waals surface area contributed by atoms with E-state index >= 15 is 0 Å². The van der Waals surface area contributed by atoms with Gasteiger partial charge >= 0.3 is 4.45 Å². The van der Waals surface area contributed by atoms with Gasteiger partial charge < -0.3 is 5.21 Å². The summed E-state index contributed by atoms with van der Waals surface area (Å²) in [5, 5.41) is 12.2. The minimum absolute atomic E-state index is 0.436. The summed E-state index contributed by atoms with van der Waals surface area (Å²) in [7, 11) is 0. The third kappa shape index (κ3) is 1.40. The van der Waals surface area contributed by atoms with Gasteiger partial charge in [0.05, 0.1) is 22.2 Å². The molecule has 1 aliphatic rings. The van der Waals surface area contributed by atoms with Gasteiger partial charge in [-0.25, -0.2) is 0 Å². The van der Waals surface area contributed by atoms with Crippen LogP contribution < -0.4 is 0 Å². The lowest BCUT2D eigenvalue weighted by Crippen LogP contribution is -2.38. The molecule has 0 spiro atoms. The van der Waals surface area contributed by atoms with E-state index in [4.69, 9.17) is 0 Å². The van der Waals surface area contributed by atoms with Crippen molar-refractivity contribution in [2.75, 3.05) is 5.33 Å². The zero-order valence-electron chi connectivity index (χ0n) is 6.88. The van der Waals surface area contributed by atoms with Gasteiger partial charge in [-0.1, -0.05) is 15.9 Å². The van der Waals surface area contributed by atoms with E-state index in [9.17, 15) is 10.1 Å². The Balaban J connectivity index is 2.96. The first-order valence-electron chi connectivity index (χ1n) is 3.53. The molecule has 0 amide bonds. The third-order valence-electron chi connectivity index (χ3n) is 1.93. The molecule has 1 fully saturated rings. The van der Waals surface area contributed by atoms with Gasteiger partial charge in [0.15, 0.2) is 0 Å². The molecular weight excluding hydrogens is 292 g/mol. The van der Waals surface area contributed by atoms with Crippen LogP contribution >= 0.6 is 31.9 Å². The van der Waals surface area contributed by atoms with Crippen LogP contribution in [0.15, 0.2) is 0 Å². The fourth-order valence-corrected chi connectivity index (χ4v) is 2.55. The zero-order valence-corrected chi connectivity index (χ0v) is 10.1. The lowest BCUT2D eigenvalue weighted by molar-refractivity contribution is -0.711. The van der Waals surface area contributed by atoms with E-state index in [0.29, 0.717) is 21.8 Å². The molecule has 0 radical (unpaired) electrons. The highest BCUT2D eigenvalue weighted by Gasteiger charge is 2.58. The average molecular weight is 302 g/mol. The summed E-state index contributed by atoms with van der Waals surface area (Å²) in [5.41, 5.74) is -0.626. The van der Waals surface area contributed by atoms with E-state index in [1.807, 2.05) is 0 Å². The molecule has 0 bridgehead atoms. The Hall–Kier alpha value is 0.320. The molecule has 1 unspecified atom stereocenters. The number of hydrazine groups is 1. The van der Waals surface area contributed by atoms with E-state index in [-0.39, 0.29) is 0 Å². The fourth-order valence-electron chi connectivity index (χ4n) is 1.31. The maximum atomic E-state index is 11.3. The van der Waals surface area contributed by atoms with Crippen LogP contribution in [0.1, 0.15) is 20.3 Å². The molecular formula is C6H10Br2N2O2. The Morgan fingerprint density at radius 1 is 1.67 bits per heavy atom. The van der Waals surface area contributed by atoms with E-state index in [1.165, 1.54) is 0 Å².